The van der Waals surface area contributed by atoms with E-state index in [0.717, 1.165) is 16.8 Å². The van der Waals surface area contributed by atoms with E-state index in [0.29, 0.717) is 45.6 Å². The van der Waals surface area contributed by atoms with Crippen molar-refractivity contribution in [3.8, 4) is 11.5 Å². The molecule has 0 radical (unpaired) electrons. The maximum atomic E-state index is 13.2. The van der Waals surface area contributed by atoms with Crippen LogP contribution in [0.2, 0.25) is 5.02 Å². The van der Waals surface area contributed by atoms with Crippen LogP contribution in [-0.2, 0) is 17.9 Å². The topological polar surface area (TPSA) is 91.7 Å². The minimum Gasteiger partial charge on any atom is -0.496 e. The summed E-state index contributed by atoms with van der Waals surface area (Å²) >= 11 is 5.94. The lowest BCUT2D eigenvalue weighted by Crippen LogP contribution is -2.14. The third-order valence-corrected chi connectivity index (χ3v) is 6.37. The summed E-state index contributed by atoms with van der Waals surface area (Å²) in [6.07, 6.45) is 0. The highest BCUT2D eigenvalue weighted by atomic mass is 35.5. The third-order valence-electron chi connectivity index (χ3n) is 6.11. The molecule has 0 fully saturated rings. The second-order valence-electron chi connectivity index (χ2n) is 8.58. The van der Waals surface area contributed by atoms with Gasteiger partial charge in [-0.25, -0.2) is 4.79 Å². The summed E-state index contributed by atoms with van der Waals surface area (Å²) in [6.45, 7) is 4.25. The second-order valence-corrected chi connectivity index (χ2v) is 9.01. The Morgan fingerprint density at radius 1 is 0.974 bits per heavy atom. The first-order valence-electron chi connectivity index (χ1n) is 11.9. The van der Waals surface area contributed by atoms with Gasteiger partial charge >= 0.3 is 5.97 Å². The van der Waals surface area contributed by atoms with Crippen LogP contribution in [-0.4, -0.2) is 35.9 Å². The number of rotatable bonds is 9. The van der Waals surface area contributed by atoms with E-state index in [1.165, 1.54) is 7.11 Å². The molecule has 0 unspecified atom stereocenters. The van der Waals surface area contributed by atoms with E-state index >= 15 is 0 Å². The number of aryl methyl sites for hydroxylation is 1. The summed E-state index contributed by atoms with van der Waals surface area (Å²) < 4.78 is 18.0. The molecule has 0 aliphatic carbocycles. The first-order valence-corrected chi connectivity index (χ1v) is 12.3. The molecule has 4 aromatic rings. The number of carbonyl (C=O) groups is 2. The molecular weight excluding hydrogens is 506 g/mol. The molecule has 1 amide bonds. The van der Waals surface area contributed by atoms with Gasteiger partial charge in [-0.1, -0.05) is 29.8 Å². The molecule has 4 rings (SSSR count). The van der Waals surface area contributed by atoms with E-state index in [9.17, 15) is 9.59 Å². The maximum absolute atomic E-state index is 13.2. The van der Waals surface area contributed by atoms with E-state index in [1.54, 1.807) is 66.4 Å². The summed E-state index contributed by atoms with van der Waals surface area (Å²) in [6, 6.07) is 19.4. The Labute approximate surface area is 226 Å². The van der Waals surface area contributed by atoms with E-state index in [-0.39, 0.29) is 12.5 Å². The first-order chi connectivity index (χ1) is 18.3. The molecule has 0 atom stereocenters. The molecule has 0 saturated heterocycles. The molecule has 1 heterocycles. The average Bonchev–Trinajstić information content (AvgIpc) is 3.19. The summed E-state index contributed by atoms with van der Waals surface area (Å²) in [5, 5.41) is 8.20. The van der Waals surface area contributed by atoms with Crippen LogP contribution < -0.4 is 14.8 Å². The number of hydrogen-bond donors (Lipinski definition) is 1. The predicted molar refractivity (Wildman–Crippen MR) is 145 cm³/mol. The first kappa shape index (κ1) is 26.8. The number of anilines is 1. The highest BCUT2D eigenvalue weighted by molar-refractivity contribution is 6.30. The number of benzene rings is 3. The Bertz CT molecular complexity index is 1460. The number of nitrogens with zero attached hydrogens (tertiary/aromatic N) is 2. The molecule has 1 N–H and O–H groups in total. The Morgan fingerprint density at radius 3 is 2.42 bits per heavy atom. The van der Waals surface area contributed by atoms with Crippen molar-refractivity contribution in [2.24, 2.45) is 0 Å². The van der Waals surface area contributed by atoms with Crippen molar-refractivity contribution in [1.29, 1.82) is 0 Å². The van der Waals surface area contributed by atoms with Crippen LogP contribution in [0.1, 0.15) is 43.2 Å². The van der Waals surface area contributed by atoms with Crippen LogP contribution in [0, 0.1) is 13.8 Å². The highest BCUT2D eigenvalue weighted by Crippen LogP contribution is 2.26. The van der Waals surface area contributed by atoms with Crippen molar-refractivity contribution >= 4 is 29.2 Å². The molecule has 0 spiro atoms. The Balaban J connectivity index is 1.53. The molecule has 0 aliphatic heterocycles. The molecule has 0 bridgehead atoms. The number of aromatic nitrogens is 2. The van der Waals surface area contributed by atoms with Crippen molar-refractivity contribution in [1.82, 2.24) is 9.78 Å². The lowest BCUT2D eigenvalue weighted by Gasteiger charge is -2.13. The van der Waals surface area contributed by atoms with Gasteiger partial charge in [-0.15, -0.1) is 0 Å². The number of hydrogen-bond acceptors (Lipinski definition) is 6. The highest BCUT2D eigenvalue weighted by Gasteiger charge is 2.19. The Kier molecular flexibility index (Phi) is 8.33. The van der Waals surface area contributed by atoms with E-state index < -0.39 is 5.97 Å². The standard InChI is InChI=1S/C29H28ClN3O5/c1-18-27(19(2)33(32-18)16-21-7-5-6-8-25(21)29(35)37-4)31-28(34)20-9-14-26(36-3)22(15-20)17-38-24-12-10-23(30)11-13-24/h5-15H,16-17H2,1-4H3,(H,31,34). The molecule has 38 heavy (non-hydrogen) atoms. The molecule has 8 nitrogen and oxygen atoms in total. The minimum absolute atomic E-state index is 0.210. The molecule has 1 aromatic heterocycles. The SMILES string of the molecule is COC(=O)c1ccccc1Cn1nc(C)c(NC(=O)c2ccc(OC)c(COc3ccc(Cl)cc3)c2)c1C. The van der Waals surface area contributed by atoms with Gasteiger partial charge < -0.3 is 19.5 Å². The molecule has 196 valence electrons. The van der Waals surface area contributed by atoms with Gasteiger partial charge in [0, 0.05) is 16.1 Å². The maximum Gasteiger partial charge on any atom is 0.338 e. The monoisotopic (exact) mass is 533 g/mol. The summed E-state index contributed by atoms with van der Waals surface area (Å²) in [7, 11) is 2.92. The van der Waals surface area contributed by atoms with E-state index in [4.69, 9.17) is 25.8 Å². The number of methoxy groups -OCH3 is 2. The zero-order chi connectivity index (χ0) is 27.2. The van der Waals surface area contributed by atoms with Crippen molar-refractivity contribution in [2.45, 2.75) is 27.0 Å². The van der Waals surface area contributed by atoms with Crippen molar-refractivity contribution in [2.75, 3.05) is 19.5 Å². The van der Waals surface area contributed by atoms with Gasteiger partial charge in [0.25, 0.3) is 5.91 Å². The Morgan fingerprint density at radius 2 is 1.71 bits per heavy atom. The van der Waals surface area contributed by atoms with Gasteiger partial charge in [-0.05, 0) is 67.9 Å². The van der Waals surface area contributed by atoms with Gasteiger partial charge in [0.2, 0.25) is 0 Å². The van der Waals surface area contributed by atoms with Gasteiger partial charge in [-0.3, -0.25) is 9.48 Å². The van der Waals surface area contributed by atoms with Crippen LogP contribution in [0.15, 0.2) is 66.7 Å². The van der Waals surface area contributed by atoms with Crippen LogP contribution >= 0.6 is 11.6 Å². The summed E-state index contributed by atoms with van der Waals surface area (Å²) in [5.41, 5.74) is 4.44. The third kappa shape index (κ3) is 5.98. The fourth-order valence-corrected chi connectivity index (χ4v) is 4.20. The lowest BCUT2D eigenvalue weighted by molar-refractivity contribution is 0.0599. The fourth-order valence-electron chi connectivity index (χ4n) is 4.07. The van der Waals surface area contributed by atoms with Gasteiger partial charge in [-0.2, -0.15) is 5.10 Å². The molecule has 0 aliphatic rings. The van der Waals surface area contributed by atoms with Gasteiger partial charge in [0.05, 0.1) is 43.4 Å². The summed E-state index contributed by atoms with van der Waals surface area (Å²) in [4.78, 5) is 25.4. The number of carbonyl (C=O) groups excluding carboxylic acids is 2. The normalized spacial score (nSPS) is 10.7. The van der Waals surface area contributed by atoms with Crippen LogP contribution in [0.4, 0.5) is 5.69 Å². The number of halogens is 1. The smallest absolute Gasteiger partial charge is 0.338 e. The average molecular weight is 534 g/mol. The molecule has 3 aromatic carbocycles. The number of ether oxygens (including phenoxy) is 3. The Hall–Kier alpha value is -4.30. The number of amides is 1. The van der Waals surface area contributed by atoms with Crippen molar-refractivity contribution in [3.63, 3.8) is 0 Å². The van der Waals surface area contributed by atoms with Gasteiger partial charge in [0.15, 0.2) is 0 Å². The molecule has 0 saturated carbocycles. The molecular formula is C29H28ClN3O5. The lowest BCUT2D eigenvalue weighted by atomic mass is 10.1. The number of esters is 1. The zero-order valence-corrected chi connectivity index (χ0v) is 22.3. The van der Waals surface area contributed by atoms with Crippen molar-refractivity contribution < 1.29 is 23.8 Å². The van der Waals surface area contributed by atoms with Gasteiger partial charge in [0.1, 0.15) is 18.1 Å². The van der Waals surface area contributed by atoms with E-state index in [1.807, 2.05) is 26.0 Å². The van der Waals surface area contributed by atoms with E-state index in [2.05, 4.69) is 10.4 Å². The van der Waals surface area contributed by atoms with Crippen LogP contribution in [0.5, 0.6) is 11.5 Å². The van der Waals surface area contributed by atoms with Crippen LogP contribution in [0.25, 0.3) is 0 Å². The minimum atomic E-state index is -0.411. The quantitative estimate of drug-likeness (QED) is 0.272. The predicted octanol–water partition coefficient (Wildman–Crippen LogP) is 5.83. The largest absolute Gasteiger partial charge is 0.496 e. The summed E-state index contributed by atoms with van der Waals surface area (Å²) in [5.74, 6) is 0.561. The van der Waals surface area contributed by atoms with Crippen LogP contribution in [0.3, 0.4) is 0 Å². The molecule has 9 heteroatoms. The second kappa shape index (κ2) is 11.8. The number of nitrogens with one attached hydrogen (secondary N) is 1. The van der Waals surface area contributed by atoms with Crippen molar-refractivity contribution in [3.05, 3.63) is 105 Å². The zero-order valence-electron chi connectivity index (χ0n) is 21.6. The fraction of sp³-hybridized carbons (Fsp3) is 0.207.